The number of nitrogens with two attached hydrogens (primary N) is 2. The van der Waals surface area contributed by atoms with E-state index < -0.39 is 37.3 Å². The molecule has 6 heterocycles. The molecular weight excluding hydrogens is 902 g/mol. The fourth-order valence-corrected chi connectivity index (χ4v) is 10.2. The van der Waals surface area contributed by atoms with Crippen LogP contribution in [0.5, 0.6) is 5.75 Å². The van der Waals surface area contributed by atoms with Gasteiger partial charge in [0.25, 0.3) is 15.9 Å². The number of carbonyl (C=O) groups is 2. The lowest BCUT2D eigenvalue weighted by molar-refractivity contribution is 0.0979. The first-order chi connectivity index (χ1) is 30.3. The monoisotopic (exact) mass is 961 g/mol. The molecule has 0 saturated carbocycles. The Balaban J connectivity index is 0.000000669. The molecule has 0 bridgehead atoms. The average molecular weight is 963 g/mol. The van der Waals surface area contributed by atoms with Crippen LogP contribution < -0.4 is 30.7 Å². The number of Topliss-reactive ketones (excluding diaryl/α,β-unsaturated/α-hetero) is 1. The number of anilines is 4. The minimum atomic E-state index is -4.18. The second kappa shape index (κ2) is 20.1. The quantitative estimate of drug-likeness (QED) is 0.0740. The van der Waals surface area contributed by atoms with E-state index in [-0.39, 0.29) is 69.3 Å². The van der Waals surface area contributed by atoms with E-state index in [0.717, 1.165) is 37.7 Å². The standard InChI is InChI=1S/C27H31ClN4O4S.C17H20ClN5O3S.5H2/c1-4-14-36-24-15-19(10-12-21(24)28)22-13-11-20(27(30-22)32-17(2)8-9-18(32)3)23(33)16-37(34,35)26-7-5-6-25(29)31-26;1-10-6-7-11(2)23(10)16-12(8-9-13(18)20-16)17(24)22-27(25,26)15-5-3-4-14(19)21-15;;;;;/h5-7,10-13,15,17-18H,4,8-9,14,16H2,1-3H3,(H2,29,31);3-5,8-11H,6-7H2,1-2H3,(H2,19,21)(H,22,24);5*1H/t17-,18+;10-,11+;;;;;. The highest BCUT2D eigenvalue weighted by atomic mass is 35.5. The minimum absolute atomic E-state index is 0. The van der Waals surface area contributed by atoms with Crippen molar-refractivity contribution in [2.75, 3.05) is 33.6 Å². The predicted molar refractivity (Wildman–Crippen MR) is 260 cm³/mol. The first-order valence-electron chi connectivity index (χ1n) is 20.7. The SMILES string of the molecule is CCCOc1cc(-c2ccc(C(=O)CS(=O)(=O)c3cccc(N)n3)c(N3[C@H](C)CC[C@@H]3C)n2)ccc1Cl.C[C@@H]1CC[C@H](C)N1c1nc(Cl)ccc1C(=O)NS(=O)(=O)c1cccc(N)n1.[HH].[HH].[HH].[HH].[HH]. The number of benzene rings is 1. The molecule has 1 amide bonds. The van der Waals surface area contributed by atoms with Gasteiger partial charge in [0.15, 0.2) is 15.8 Å². The van der Waals surface area contributed by atoms with Crippen molar-refractivity contribution in [3.8, 4) is 17.0 Å². The van der Waals surface area contributed by atoms with E-state index in [1.165, 1.54) is 48.5 Å². The van der Waals surface area contributed by atoms with Gasteiger partial charge in [-0.25, -0.2) is 33.1 Å². The van der Waals surface area contributed by atoms with Crippen LogP contribution >= 0.6 is 23.2 Å². The van der Waals surface area contributed by atoms with Gasteiger partial charge in [-0.2, -0.15) is 8.42 Å². The summed E-state index contributed by atoms with van der Waals surface area (Å²) in [6.07, 6.45) is 4.63. The first kappa shape index (κ1) is 47.9. The number of carbonyl (C=O) groups excluding carboxylic acids is 2. The maximum absolute atomic E-state index is 13.4. The molecule has 20 heteroatoms. The Kier molecular flexibility index (Phi) is 15.0. The number of hydrogen-bond acceptors (Lipinski definition) is 15. The van der Waals surface area contributed by atoms with Gasteiger partial charge in [0.2, 0.25) is 9.84 Å². The number of nitrogens with one attached hydrogen (secondary N) is 1. The summed E-state index contributed by atoms with van der Waals surface area (Å²) >= 11 is 12.3. The van der Waals surface area contributed by atoms with E-state index in [9.17, 15) is 26.4 Å². The van der Waals surface area contributed by atoms with Crippen LogP contribution in [0.4, 0.5) is 23.3 Å². The number of rotatable bonds is 13. The Morgan fingerprint density at radius 3 is 1.86 bits per heavy atom. The summed E-state index contributed by atoms with van der Waals surface area (Å²) in [5, 5.41) is 0.178. The number of sulfone groups is 1. The van der Waals surface area contributed by atoms with Crippen molar-refractivity contribution in [2.24, 2.45) is 0 Å². The molecule has 7 rings (SSSR count). The summed E-state index contributed by atoms with van der Waals surface area (Å²) in [7, 11) is -8.17. The van der Waals surface area contributed by atoms with Crippen molar-refractivity contribution in [1.82, 2.24) is 24.7 Å². The van der Waals surface area contributed by atoms with E-state index in [1.807, 2.05) is 42.5 Å². The number of nitrogens with zero attached hydrogens (tertiary/aromatic N) is 6. The van der Waals surface area contributed by atoms with E-state index in [2.05, 4.69) is 33.7 Å². The zero-order valence-electron chi connectivity index (χ0n) is 36.0. The molecule has 16 nitrogen and oxygen atoms in total. The zero-order valence-corrected chi connectivity index (χ0v) is 39.2. The number of halogens is 2. The lowest BCUT2D eigenvalue weighted by Gasteiger charge is -2.29. The fourth-order valence-electron chi connectivity index (χ4n) is 7.77. The molecule has 5 N–H and O–H groups in total. The van der Waals surface area contributed by atoms with Crippen molar-refractivity contribution >= 4 is 78.0 Å². The number of hydrogen-bond donors (Lipinski definition) is 3. The second-order valence-electron chi connectivity index (χ2n) is 15.9. The molecular formula is C44H61Cl2N9O7S2. The van der Waals surface area contributed by atoms with Gasteiger partial charge >= 0.3 is 0 Å². The number of ether oxygens (including phenoxy) is 1. The lowest BCUT2D eigenvalue weighted by atomic mass is 10.1. The Morgan fingerprint density at radius 2 is 1.28 bits per heavy atom. The number of amides is 1. The highest BCUT2D eigenvalue weighted by Crippen LogP contribution is 2.36. The van der Waals surface area contributed by atoms with Crippen LogP contribution in [-0.2, 0) is 19.9 Å². The summed E-state index contributed by atoms with van der Waals surface area (Å²) in [4.78, 5) is 47.1. The van der Waals surface area contributed by atoms with Crippen LogP contribution in [0.3, 0.4) is 0 Å². The molecule has 0 aliphatic carbocycles. The molecule has 2 aliphatic rings. The van der Waals surface area contributed by atoms with E-state index in [0.29, 0.717) is 34.7 Å². The van der Waals surface area contributed by atoms with Gasteiger partial charge in [0.1, 0.15) is 39.9 Å². The van der Waals surface area contributed by atoms with Crippen molar-refractivity contribution in [1.29, 1.82) is 0 Å². The molecule has 64 heavy (non-hydrogen) atoms. The molecule has 5 aromatic rings. The summed E-state index contributed by atoms with van der Waals surface area (Å²) in [6.45, 7) is 10.8. The Morgan fingerprint density at radius 1 is 0.734 bits per heavy atom. The van der Waals surface area contributed by atoms with Crippen LogP contribution in [0, 0.1) is 0 Å². The largest absolute Gasteiger partial charge is 0.492 e. The van der Waals surface area contributed by atoms with Gasteiger partial charge in [0.05, 0.1) is 28.5 Å². The van der Waals surface area contributed by atoms with Crippen molar-refractivity contribution < 1.29 is 38.3 Å². The number of ketones is 1. The normalized spacial score (nSPS) is 18.6. The van der Waals surface area contributed by atoms with Gasteiger partial charge in [-0.15, -0.1) is 0 Å². The average Bonchev–Trinajstić information content (AvgIpc) is 3.77. The van der Waals surface area contributed by atoms with Gasteiger partial charge in [-0.1, -0.05) is 48.3 Å². The number of nitrogen functional groups attached to an aromatic ring is 2. The molecule has 2 saturated heterocycles. The van der Waals surface area contributed by atoms with Gasteiger partial charge in [-0.3, -0.25) is 9.59 Å². The molecule has 0 unspecified atom stereocenters. The molecule has 350 valence electrons. The third kappa shape index (κ3) is 11.0. The van der Waals surface area contributed by atoms with Crippen LogP contribution in [-0.4, -0.2) is 85.0 Å². The third-order valence-electron chi connectivity index (χ3n) is 11.0. The molecule has 4 atom stereocenters. The number of pyridine rings is 4. The maximum atomic E-state index is 13.4. The highest BCUT2D eigenvalue weighted by Gasteiger charge is 2.35. The van der Waals surface area contributed by atoms with E-state index in [4.69, 9.17) is 44.4 Å². The second-order valence-corrected chi connectivity index (χ2v) is 20.2. The molecule has 4 aromatic heterocycles. The van der Waals surface area contributed by atoms with Crippen molar-refractivity contribution in [2.45, 2.75) is 101 Å². The van der Waals surface area contributed by atoms with Crippen LogP contribution in [0.15, 0.2) is 88.9 Å². The predicted octanol–water partition coefficient (Wildman–Crippen LogP) is 8.64. The molecule has 1 aromatic carbocycles. The smallest absolute Gasteiger partial charge is 0.281 e. The molecule has 2 aliphatic heterocycles. The van der Waals surface area contributed by atoms with Crippen LogP contribution in [0.1, 0.15) is 94.6 Å². The van der Waals surface area contributed by atoms with E-state index >= 15 is 0 Å². The van der Waals surface area contributed by atoms with Crippen LogP contribution in [0.25, 0.3) is 11.3 Å². The Hall–Kier alpha value is -5.56. The topological polar surface area (TPSA) is 234 Å². The van der Waals surface area contributed by atoms with Gasteiger partial charge in [-0.05, 0) is 120 Å². The maximum Gasteiger partial charge on any atom is 0.281 e. The molecule has 0 spiro atoms. The first-order valence-corrected chi connectivity index (χ1v) is 24.6. The fraction of sp³-hybridized carbons (Fsp3) is 0.364. The molecule has 0 radical (unpaired) electrons. The minimum Gasteiger partial charge on any atom is -0.492 e. The van der Waals surface area contributed by atoms with E-state index in [1.54, 1.807) is 18.2 Å². The summed E-state index contributed by atoms with van der Waals surface area (Å²) in [5.41, 5.74) is 13.0. The van der Waals surface area contributed by atoms with Crippen molar-refractivity contribution in [3.05, 3.63) is 100 Å². The summed E-state index contributed by atoms with van der Waals surface area (Å²) in [6, 6.07) is 20.8. The third-order valence-corrected chi connectivity index (χ3v) is 14.2. The summed E-state index contributed by atoms with van der Waals surface area (Å²) in [5.74, 6) is -0.561. The number of sulfonamides is 1. The Bertz CT molecular complexity index is 2770. The highest BCUT2D eigenvalue weighted by molar-refractivity contribution is 7.92. The van der Waals surface area contributed by atoms with Gasteiger partial charge in [0, 0.05) is 36.9 Å². The van der Waals surface area contributed by atoms with Gasteiger partial charge < -0.3 is 26.0 Å². The Labute approximate surface area is 391 Å². The van der Waals surface area contributed by atoms with Crippen LogP contribution in [0.2, 0.25) is 10.2 Å². The zero-order chi connectivity index (χ0) is 46.5. The summed E-state index contributed by atoms with van der Waals surface area (Å²) < 4.78 is 58.7. The van der Waals surface area contributed by atoms with Crippen molar-refractivity contribution in [3.63, 3.8) is 0 Å². The lowest BCUT2D eigenvalue weighted by Crippen LogP contribution is -2.37. The molecule has 2 fully saturated rings. The number of aromatic nitrogens is 4.